The molecule has 5 nitrogen and oxygen atoms in total. The molecule has 0 saturated heterocycles. The monoisotopic (exact) mass is 263 g/mol. The molecule has 6 heteroatoms. The van der Waals surface area contributed by atoms with Crippen molar-refractivity contribution in [3.63, 3.8) is 0 Å². The van der Waals surface area contributed by atoms with Crippen molar-refractivity contribution in [2.24, 2.45) is 0 Å². The minimum absolute atomic E-state index is 0.0242. The van der Waals surface area contributed by atoms with Gasteiger partial charge in [-0.2, -0.15) is 0 Å². The largest absolute Gasteiger partial charge is 0.481 e. The van der Waals surface area contributed by atoms with Crippen LogP contribution < -0.4 is 0 Å². The second kappa shape index (κ2) is 5.22. The zero-order chi connectivity index (χ0) is 13.1. The molecule has 0 fully saturated rings. The van der Waals surface area contributed by atoms with Gasteiger partial charge in [0.25, 0.3) is 0 Å². The van der Waals surface area contributed by atoms with Crippen LogP contribution in [0.1, 0.15) is 11.1 Å². The Bertz CT molecular complexity index is 580. The van der Waals surface area contributed by atoms with Crippen LogP contribution in [0.5, 0.6) is 0 Å². The SMILES string of the molecule is Cc1ccc(C)c(-n2cnnc2SCC(=O)O)c1. The predicted octanol–water partition coefficient (Wildman–Crippen LogP) is 2.06. The van der Waals surface area contributed by atoms with Gasteiger partial charge in [0.05, 0.1) is 11.4 Å². The first-order valence-electron chi connectivity index (χ1n) is 5.40. The lowest BCUT2D eigenvalue weighted by molar-refractivity contribution is -0.133. The van der Waals surface area contributed by atoms with Gasteiger partial charge < -0.3 is 5.11 Å². The molecule has 0 saturated carbocycles. The van der Waals surface area contributed by atoms with Crippen LogP contribution >= 0.6 is 11.8 Å². The molecule has 2 rings (SSSR count). The third-order valence-corrected chi connectivity index (χ3v) is 3.39. The van der Waals surface area contributed by atoms with Gasteiger partial charge >= 0.3 is 5.97 Å². The summed E-state index contributed by atoms with van der Waals surface area (Å²) in [5.41, 5.74) is 3.21. The zero-order valence-electron chi connectivity index (χ0n) is 10.1. The van der Waals surface area contributed by atoms with Crippen molar-refractivity contribution >= 4 is 17.7 Å². The highest BCUT2D eigenvalue weighted by Gasteiger charge is 2.11. The van der Waals surface area contributed by atoms with Crippen LogP contribution in [0.2, 0.25) is 0 Å². The molecule has 0 radical (unpaired) electrons. The molecule has 18 heavy (non-hydrogen) atoms. The van der Waals surface area contributed by atoms with Gasteiger partial charge in [0.1, 0.15) is 6.33 Å². The van der Waals surface area contributed by atoms with E-state index in [9.17, 15) is 4.79 Å². The second-order valence-corrected chi connectivity index (χ2v) is 4.90. The predicted molar refractivity (Wildman–Crippen MR) is 69.2 cm³/mol. The van der Waals surface area contributed by atoms with Crippen molar-refractivity contribution in [2.75, 3.05) is 5.75 Å². The molecule has 0 amide bonds. The quantitative estimate of drug-likeness (QED) is 0.855. The third kappa shape index (κ3) is 2.70. The Balaban J connectivity index is 2.36. The number of nitrogens with zero attached hydrogens (tertiary/aromatic N) is 3. The van der Waals surface area contributed by atoms with Crippen LogP contribution in [0.15, 0.2) is 29.7 Å². The summed E-state index contributed by atoms with van der Waals surface area (Å²) in [5.74, 6) is -0.890. The fourth-order valence-corrected chi connectivity index (χ4v) is 2.24. The molecule has 1 aromatic heterocycles. The molecule has 1 heterocycles. The van der Waals surface area contributed by atoms with Crippen molar-refractivity contribution < 1.29 is 9.90 Å². The van der Waals surface area contributed by atoms with Gasteiger partial charge in [-0.3, -0.25) is 9.36 Å². The average molecular weight is 263 g/mol. The molecular formula is C12H13N3O2S. The highest BCUT2D eigenvalue weighted by molar-refractivity contribution is 7.99. The number of carboxylic acid groups (broad SMARTS) is 1. The summed E-state index contributed by atoms with van der Waals surface area (Å²) in [4.78, 5) is 10.6. The Labute approximate surface area is 109 Å². The van der Waals surface area contributed by atoms with Crippen molar-refractivity contribution in [2.45, 2.75) is 19.0 Å². The van der Waals surface area contributed by atoms with Crippen LogP contribution in [-0.2, 0) is 4.79 Å². The summed E-state index contributed by atoms with van der Waals surface area (Å²) < 4.78 is 1.82. The van der Waals surface area contributed by atoms with Gasteiger partial charge in [-0.15, -0.1) is 10.2 Å². The molecule has 0 atom stereocenters. The molecule has 0 aliphatic heterocycles. The third-order valence-electron chi connectivity index (χ3n) is 2.47. The maximum atomic E-state index is 10.6. The average Bonchev–Trinajstić information content (AvgIpc) is 2.77. The molecule has 0 bridgehead atoms. The molecule has 94 valence electrons. The maximum absolute atomic E-state index is 10.6. The van der Waals surface area contributed by atoms with E-state index in [-0.39, 0.29) is 5.75 Å². The van der Waals surface area contributed by atoms with Gasteiger partial charge in [0.15, 0.2) is 5.16 Å². The lowest BCUT2D eigenvalue weighted by Crippen LogP contribution is -2.02. The molecule has 0 spiro atoms. The highest BCUT2D eigenvalue weighted by atomic mass is 32.2. The van der Waals surface area contributed by atoms with Crippen LogP contribution in [0.25, 0.3) is 5.69 Å². The molecule has 0 unspecified atom stereocenters. The van der Waals surface area contributed by atoms with E-state index in [1.165, 1.54) is 0 Å². The fourth-order valence-electron chi connectivity index (χ4n) is 1.59. The molecule has 1 aromatic carbocycles. The van der Waals surface area contributed by atoms with E-state index < -0.39 is 5.97 Å². The van der Waals surface area contributed by atoms with E-state index in [2.05, 4.69) is 10.2 Å². The first kappa shape index (κ1) is 12.6. The van der Waals surface area contributed by atoms with Gasteiger partial charge in [0, 0.05) is 0 Å². The molecule has 2 aromatic rings. The first-order valence-corrected chi connectivity index (χ1v) is 6.38. The minimum atomic E-state index is -0.865. The number of hydrogen-bond acceptors (Lipinski definition) is 4. The number of thioether (sulfide) groups is 1. The summed E-state index contributed by atoms with van der Waals surface area (Å²) in [6.07, 6.45) is 1.60. The number of carboxylic acids is 1. The van der Waals surface area contributed by atoms with Crippen molar-refractivity contribution in [3.05, 3.63) is 35.7 Å². The van der Waals surface area contributed by atoms with Gasteiger partial charge in [-0.05, 0) is 31.0 Å². The van der Waals surface area contributed by atoms with Gasteiger partial charge in [-0.25, -0.2) is 0 Å². The van der Waals surface area contributed by atoms with Crippen molar-refractivity contribution in [1.82, 2.24) is 14.8 Å². The van der Waals surface area contributed by atoms with E-state index >= 15 is 0 Å². The molecule has 1 N–H and O–H groups in total. The number of carbonyl (C=O) groups is 1. The van der Waals surface area contributed by atoms with Crippen molar-refractivity contribution in [3.8, 4) is 5.69 Å². The Morgan fingerprint density at radius 2 is 2.22 bits per heavy atom. The number of benzene rings is 1. The Morgan fingerprint density at radius 1 is 1.44 bits per heavy atom. The number of aliphatic carboxylic acids is 1. The van der Waals surface area contributed by atoms with E-state index in [0.29, 0.717) is 5.16 Å². The van der Waals surface area contributed by atoms with Crippen molar-refractivity contribution in [1.29, 1.82) is 0 Å². The summed E-state index contributed by atoms with van der Waals surface area (Å²) in [6.45, 7) is 4.01. The Hall–Kier alpha value is -1.82. The molecule has 0 aliphatic carbocycles. The summed E-state index contributed by atoms with van der Waals surface area (Å²) in [5, 5.41) is 17.1. The van der Waals surface area contributed by atoms with Crippen LogP contribution in [0.3, 0.4) is 0 Å². The lowest BCUT2D eigenvalue weighted by atomic mass is 10.1. The lowest BCUT2D eigenvalue weighted by Gasteiger charge is -2.09. The van der Waals surface area contributed by atoms with E-state index in [4.69, 9.17) is 5.11 Å². The number of aryl methyl sites for hydroxylation is 2. The molecular weight excluding hydrogens is 250 g/mol. The summed E-state index contributed by atoms with van der Waals surface area (Å²) in [6, 6.07) is 6.09. The summed E-state index contributed by atoms with van der Waals surface area (Å²) in [7, 11) is 0. The standard InChI is InChI=1S/C12H13N3O2S/c1-8-3-4-9(2)10(5-8)15-7-13-14-12(15)18-6-11(16)17/h3-5,7H,6H2,1-2H3,(H,16,17). The van der Waals surface area contributed by atoms with E-state index in [1.54, 1.807) is 6.33 Å². The second-order valence-electron chi connectivity index (χ2n) is 3.96. The number of rotatable bonds is 4. The van der Waals surface area contributed by atoms with Crippen LogP contribution in [0.4, 0.5) is 0 Å². The van der Waals surface area contributed by atoms with Crippen LogP contribution in [-0.4, -0.2) is 31.6 Å². The van der Waals surface area contributed by atoms with E-state index in [1.807, 2.05) is 36.6 Å². The normalized spacial score (nSPS) is 10.6. The number of aromatic nitrogens is 3. The number of hydrogen-bond donors (Lipinski definition) is 1. The smallest absolute Gasteiger partial charge is 0.313 e. The topological polar surface area (TPSA) is 68.0 Å². The Morgan fingerprint density at radius 3 is 2.94 bits per heavy atom. The highest BCUT2D eigenvalue weighted by Crippen LogP contribution is 2.22. The summed E-state index contributed by atoms with van der Waals surface area (Å²) >= 11 is 1.16. The molecule has 0 aliphatic rings. The zero-order valence-corrected chi connectivity index (χ0v) is 10.9. The van der Waals surface area contributed by atoms with E-state index in [0.717, 1.165) is 28.6 Å². The first-order chi connectivity index (χ1) is 8.58. The minimum Gasteiger partial charge on any atom is -0.481 e. The van der Waals surface area contributed by atoms with Crippen LogP contribution in [0, 0.1) is 13.8 Å². The van der Waals surface area contributed by atoms with Gasteiger partial charge in [0.2, 0.25) is 0 Å². The Kier molecular flexibility index (Phi) is 3.66. The fraction of sp³-hybridized carbons (Fsp3) is 0.250. The maximum Gasteiger partial charge on any atom is 0.313 e. The van der Waals surface area contributed by atoms with Gasteiger partial charge in [-0.1, -0.05) is 23.9 Å².